The molecule has 1 aliphatic rings. The summed E-state index contributed by atoms with van der Waals surface area (Å²) in [4.78, 5) is 26.8. The molecule has 2 aromatic rings. The van der Waals surface area contributed by atoms with E-state index in [9.17, 15) is 14.9 Å². The summed E-state index contributed by atoms with van der Waals surface area (Å²) < 4.78 is 5.09. The van der Waals surface area contributed by atoms with Crippen LogP contribution in [-0.2, 0) is 9.53 Å². The van der Waals surface area contributed by atoms with Crippen LogP contribution >= 0.6 is 22.9 Å². The number of cyclic esters (lactones) is 1. The monoisotopic (exact) mass is 334 g/mol. The maximum atomic E-state index is 11.8. The summed E-state index contributed by atoms with van der Waals surface area (Å²) in [6.07, 6.45) is 1.47. The SMILES string of the molecule is O=C1OC(c2cccs2)=NC1=Cc1ccc([N+](=O)[O-])c(Cl)c1. The fraction of sp³-hybridized carbons (Fsp3) is 0. The molecule has 0 bridgehead atoms. The van der Waals surface area contributed by atoms with Gasteiger partial charge in [0.2, 0.25) is 5.90 Å². The lowest BCUT2D eigenvalue weighted by atomic mass is 10.2. The van der Waals surface area contributed by atoms with Gasteiger partial charge >= 0.3 is 5.97 Å². The highest BCUT2D eigenvalue weighted by atomic mass is 35.5. The van der Waals surface area contributed by atoms with Crippen LogP contribution in [0.3, 0.4) is 0 Å². The molecule has 110 valence electrons. The minimum Gasteiger partial charge on any atom is -0.401 e. The summed E-state index contributed by atoms with van der Waals surface area (Å²) in [5.74, 6) is -0.322. The lowest BCUT2D eigenvalue weighted by molar-refractivity contribution is -0.384. The van der Waals surface area contributed by atoms with E-state index in [0.29, 0.717) is 5.56 Å². The van der Waals surface area contributed by atoms with E-state index in [0.717, 1.165) is 4.88 Å². The van der Waals surface area contributed by atoms with Crippen molar-refractivity contribution < 1.29 is 14.5 Å². The van der Waals surface area contributed by atoms with E-state index in [2.05, 4.69) is 4.99 Å². The van der Waals surface area contributed by atoms with Crippen LogP contribution in [0.15, 0.2) is 46.4 Å². The standard InChI is InChI=1S/C14H7ClN2O4S/c15-9-6-8(3-4-11(9)17(19)20)7-10-14(18)21-13(16-10)12-2-1-5-22-12/h1-7H. The lowest BCUT2D eigenvalue weighted by Crippen LogP contribution is -2.03. The van der Waals surface area contributed by atoms with E-state index in [4.69, 9.17) is 16.3 Å². The molecule has 0 unspecified atom stereocenters. The predicted molar refractivity (Wildman–Crippen MR) is 83.0 cm³/mol. The summed E-state index contributed by atoms with van der Waals surface area (Å²) in [6, 6.07) is 7.79. The average molecular weight is 335 g/mol. The van der Waals surface area contributed by atoms with Crippen LogP contribution in [0.5, 0.6) is 0 Å². The Kier molecular flexibility index (Phi) is 3.74. The van der Waals surface area contributed by atoms with E-state index in [-0.39, 0.29) is 22.3 Å². The molecule has 1 aromatic carbocycles. The molecule has 0 spiro atoms. The molecule has 0 fully saturated rings. The van der Waals surface area contributed by atoms with Gasteiger partial charge in [-0.05, 0) is 35.2 Å². The fourth-order valence-corrected chi connectivity index (χ4v) is 2.74. The van der Waals surface area contributed by atoms with Crippen LogP contribution in [0.4, 0.5) is 5.69 Å². The number of benzene rings is 1. The van der Waals surface area contributed by atoms with Gasteiger partial charge in [0, 0.05) is 6.07 Å². The second-order valence-corrected chi connectivity index (χ2v) is 5.64. The van der Waals surface area contributed by atoms with Gasteiger partial charge in [0.15, 0.2) is 5.70 Å². The van der Waals surface area contributed by atoms with Crippen LogP contribution in [0.1, 0.15) is 10.4 Å². The number of nitro benzene ring substituents is 1. The number of aliphatic imine (C=N–C) groups is 1. The summed E-state index contributed by atoms with van der Waals surface area (Å²) in [7, 11) is 0. The highest BCUT2D eigenvalue weighted by Gasteiger charge is 2.24. The highest BCUT2D eigenvalue weighted by Crippen LogP contribution is 2.27. The largest absolute Gasteiger partial charge is 0.401 e. The first kappa shape index (κ1) is 14.4. The van der Waals surface area contributed by atoms with Crippen molar-refractivity contribution >= 4 is 46.6 Å². The first-order valence-corrected chi connectivity index (χ1v) is 7.31. The van der Waals surface area contributed by atoms with Crippen LogP contribution < -0.4 is 0 Å². The molecule has 22 heavy (non-hydrogen) atoms. The summed E-state index contributed by atoms with van der Waals surface area (Å²) in [5, 5.41) is 12.6. The number of nitro groups is 1. The van der Waals surface area contributed by atoms with Crippen molar-refractivity contribution in [2.45, 2.75) is 0 Å². The highest BCUT2D eigenvalue weighted by molar-refractivity contribution is 7.12. The first-order chi connectivity index (χ1) is 10.5. The molecule has 0 aliphatic carbocycles. The van der Waals surface area contributed by atoms with Crippen molar-refractivity contribution in [3.05, 3.63) is 67.0 Å². The van der Waals surface area contributed by atoms with Gasteiger partial charge in [-0.1, -0.05) is 17.7 Å². The molecule has 0 atom stereocenters. The van der Waals surface area contributed by atoms with E-state index in [1.54, 1.807) is 6.07 Å². The second kappa shape index (κ2) is 5.70. The van der Waals surface area contributed by atoms with Gasteiger partial charge in [0.25, 0.3) is 5.69 Å². The minimum absolute atomic E-state index is 0.00632. The molecular weight excluding hydrogens is 328 g/mol. The Hall–Kier alpha value is -2.51. The molecule has 8 heteroatoms. The molecule has 6 nitrogen and oxygen atoms in total. The Morgan fingerprint density at radius 2 is 2.18 bits per heavy atom. The average Bonchev–Trinajstić information content (AvgIpc) is 3.09. The van der Waals surface area contributed by atoms with E-state index in [1.165, 1.54) is 35.6 Å². The normalized spacial score (nSPS) is 15.8. The van der Waals surface area contributed by atoms with Crippen molar-refractivity contribution in [2.24, 2.45) is 4.99 Å². The van der Waals surface area contributed by atoms with E-state index in [1.807, 2.05) is 11.4 Å². The molecular formula is C14H7ClN2O4S. The van der Waals surface area contributed by atoms with Crippen molar-refractivity contribution in [3.8, 4) is 0 Å². The number of ether oxygens (including phenoxy) is 1. The molecule has 0 amide bonds. The number of hydrogen-bond acceptors (Lipinski definition) is 6. The number of carbonyl (C=O) groups is 1. The molecule has 0 saturated heterocycles. The van der Waals surface area contributed by atoms with Gasteiger partial charge in [-0.2, -0.15) is 0 Å². The van der Waals surface area contributed by atoms with E-state index >= 15 is 0 Å². The quantitative estimate of drug-likeness (QED) is 0.371. The van der Waals surface area contributed by atoms with Crippen molar-refractivity contribution in [1.82, 2.24) is 0 Å². The van der Waals surface area contributed by atoms with Gasteiger partial charge in [0.1, 0.15) is 5.02 Å². The second-order valence-electron chi connectivity index (χ2n) is 4.28. The number of rotatable bonds is 3. The minimum atomic E-state index is -0.573. The zero-order valence-corrected chi connectivity index (χ0v) is 12.4. The van der Waals surface area contributed by atoms with Crippen molar-refractivity contribution in [1.29, 1.82) is 0 Å². The maximum absolute atomic E-state index is 11.8. The smallest absolute Gasteiger partial charge is 0.363 e. The summed E-state index contributed by atoms with van der Waals surface area (Å²) in [5.41, 5.74) is 0.452. The number of thiophene rings is 1. The fourth-order valence-electron chi connectivity index (χ4n) is 1.83. The number of esters is 1. The summed E-state index contributed by atoms with van der Waals surface area (Å²) in [6.45, 7) is 0. The molecule has 0 saturated carbocycles. The van der Waals surface area contributed by atoms with Gasteiger partial charge < -0.3 is 4.74 Å². The topological polar surface area (TPSA) is 81.8 Å². The number of nitrogens with zero attached hydrogens (tertiary/aromatic N) is 2. The van der Waals surface area contributed by atoms with Crippen LogP contribution in [0, 0.1) is 10.1 Å². The van der Waals surface area contributed by atoms with Crippen LogP contribution in [0.25, 0.3) is 6.08 Å². The Labute approximate surface area is 133 Å². The number of hydrogen-bond donors (Lipinski definition) is 0. The Morgan fingerprint density at radius 1 is 1.36 bits per heavy atom. The van der Waals surface area contributed by atoms with Gasteiger partial charge in [-0.3, -0.25) is 10.1 Å². The molecule has 0 N–H and O–H groups in total. The number of carbonyl (C=O) groups excluding carboxylic acids is 1. The predicted octanol–water partition coefficient (Wildman–Crippen LogP) is 3.65. The van der Waals surface area contributed by atoms with Crippen LogP contribution in [0.2, 0.25) is 5.02 Å². The molecule has 0 radical (unpaired) electrons. The van der Waals surface area contributed by atoms with Crippen LogP contribution in [-0.4, -0.2) is 16.8 Å². The Bertz CT molecular complexity index is 827. The molecule has 1 aromatic heterocycles. The number of halogens is 1. The maximum Gasteiger partial charge on any atom is 0.363 e. The van der Waals surface area contributed by atoms with Crippen molar-refractivity contribution in [3.63, 3.8) is 0 Å². The first-order valence-electron chi connectivity index (χ1n) is 6.05. The van der Waals surface area contributed by atoms with Crippen molar-refractivity contribution in [2.75, 3.05) is 0 Å². The summed E-state index contributed by atoms with van der Waals surface area (Å²) >= 11 is 7.24. The zero-order chi connectivity index (χ0) is 15.7. The molecule has 3 rings (SSSR count). The van der Waals surface area contributed by atoms with Gasteiger partial charge in [0.05, 0.1) is 9.80 Å². The third-order valence-electron chi connectivity index (χ3n) is 2.82. The molecule has 2 heterocycles. The van der Waals surface area contributed by atoms with E-state index < -0.39 is 10.9 Å². The zero-order valence-electron chi connectivity index (χ0n) is 10.9. The third-order valence-corrected chi connectivity index (χ3v) is 3.98. The van der Waals surface area contributed by atoms with Gasteiger partial charge in [-0.25, -0.2) is 9.79 Å². The third kappa shape index (κ3) is 2.76. The Balaban J connectivity index is 1.93. The molecule has 1 aliphatic heterocycles. The lowest BCUT2D eigenvalue weighted by Gasteiger charge is -1.97. The van der Waals surface area contributed by atoms with Gasteiger partial charge in [-0.15, -0.1) is 11.3 Å². The Morgan fingerprint density at radius 3 is 2.82 bits per heavy atom.